The Hall–Kier alpha value is -0.860. The number of hydrogen-bond donors (Lipinski definition) is 2. The summed E-state index contributed by atoms with van der Waals surface area (Å²) in [4.78, 5) is 0. The van der Waals surface area contributed by atoms with E-state index >= 15 is 0 Å². The zero-order chi connectivity index (χ0) is 16.2. The molecule has 0 aliphatic carbocycles. The number of rotatable bonds is 6. The van der Waals surface area contributed by atoms with Crippen molar-refractivity contribution in [3.63, 3.8) is 0 Å². The highest BCUT2D eigenvalue weighted by Crippen LogP contribution is 2.27. The van der Waals surface area contributed by atoms with Gasteiger partial charge in [0.25, 0.3) is 0 Å². The lowest BCUT2D eigenvalue weighted by Crippen LogP contribution is -2.37. The molecule has 0 amide bonds. The molecule has 2 nitrogen and oxygen atoms in total. The van der Waals surface area contributed by atoms with Gasteiger partial charge in [-0.05, 0) is 66.7 Å². The lowest BCUT2D eigenvalue weighted by Gasteiger charge is -2.24. The van der Waals surface area contributed by atoms with Crippen LogP contribution >= 0.6 is 0 Å². The molecule has 0 spiro atoms. The molecule has 0 aromatic heterocycles. The SMILES string of the molecule is Cc1cc(C(C)(C)C)cc(C)c1CC(CCC(C)C)NN. The number of hydrogen-bond acceptors (Lipinski definition) is 2. The van der Waals surface area contributed by atoms with Crippen LogP contribution in [-0.2, 0) is 11.8 Å². The van der Waals surface area contributed by atoms with E-state index in [0.717, 1.165) is 18.8 Å². The quantitative estimate of drug-likeness (QED) is 0.601. The minimum Gasteiger partial charge on any atom is -0.271 e. The van der Waals surface area contributed by atoms with Crippen molar-refractivity contribution in [2.24, 2.45) is 11.8 Å². The van der Waals surface area contributed by atoms with Crippen LogP contribution < -0.4 is 11.3 Å². The fraction of sp³-hybridized carbons (Fsp3) is 0.684. The van der Waals surface area contributed by atoms with Gasteiger partial charge in [-0.3, -0.25) is 11.3 Å². The van der Waals surface area contributed by atoms with E-state index in [4.69, 9.17) is 5.84 Å². The summed E-state index contributed by atoms with van der Waals surface area (Å²) >= 11 is 0. The van der Waals surface area contributed by atoms with Gasteiger partial charge >= 0.3 is 0 Å². The Bertz CT molecular complexity index is 432. The second-order valence-electron chi connectivity index (χ2n) is 7.88. The molecule has 0 bridgehead atoms. The van der Waals surface area contributed by atoms with Gasteiger partial charge in [0, 0.05) is 6.04 Å². The third-order valence-corrected chi connectivity index (χ3v) is 4.34. The van der Waals surface area contributed by atoms with Gasteiger partial charge in [-0.2, -0.15) is 0 Å². The minimum absolute atomic E-state index is 0.206. The lowest BCUT2D eigenvalue weighted by molar-refractivity contribution is 0.433. The monoisotopic (exact) mass is 290 g/mol. The fourth-order valence-electron chi connectivity index (χ4n) is 2.77. The highest BCUT2D eigenvalue weighted by molar-refractivity contribution is 5.40. The molecular weight excluding hydrogens is 256 g/mol. The van der Waals surface area contributed by atoms with E-state index in [9.17, 15) is 0 Å². The first-order valence-corrected chi connectivity index (χ1v) is 8.22. The Morgan fingerprint density at radius 1 is 1.05 bits per heavy atom. The predicted octanol–water partition coefficient (Wildman–Crippen LogP) is 4.41. The summed E-state index contributed by atoms with van der Waals surface area (Å²) in [5.74, 6) is 6.48. The van der Waals surface area contributed by atoms with E-state index in [-0.39, 0.29) is 5.41 Å². The van der Waals surface area contributed by atoms with Crippen molar-refractivity contribution in [1.82, 2.24) is 5.43 Å². The predicted molar refractivity (Wildman–Crippen MR) is 93.5 cm³/mol. The Morgan fingerprint density at radius 3 is 1.95 bits per heavy atom. The van der Waals surface area contributed by atoms with E-state index in [1.54, 1.807) is 0 Å². The summed E-state index contributed by atoms with van der Waals surface area (Å²) in [6, 6.07) is 5.06. The van der Waals surface area contributed by atoms with Crippen LogP contribution in [0, 0.1) is 19.8 Å². The van der Waals surface area contributed by atoms with Gasteiger partial charge in [0.05, 0.1) is 0 Å². The molecule has 0 fully saturated rings. The van der Waals surface area contributed by atoms with Crippen molar-refractivity contribution >= 4 is 0 Å². The second-order valence-corrected chi connectivity index (χ2v) is 7.88. The minimum atomic E-state index is 0.206. The average Bonchev–Trinajstić information content (AvgIpc) is 2.35. The van der Waals surface area contributed by atoms with Crippen LogP contribution in [-0.4, -0.2) is 6.04 Å². The molecule has 1 rings (SSSR count). The molecule has 0 heterocycles. The van der Waals surface area contributed by atoms with Crippen LogP contribution in [0.3, 0.4) is 0 Å². The van der Waals surface area contributed by atoms with Gasteiger partial charge < -0.3 is 0 Å². The fourth-order valence-corrected chi connectivity index (χ4v) is 2.77. The van der Waals surface area contributed by atoms with E-state index in [2.05, 4.69) is 66.0 Å². The van der Waals surface area contributed by atoms with Crippen LogP contribution in [0.15, 0.2) is 12.1 Å². The van der Waals surface area contributed by atoms with Crippen molar-refractivity contribution in [1.29, 1.82) is 0 Å². The highest BCUT2D eigenvalue weighted by Gasteiger charge is 2.18. The number of nitrogens with one attached hydrogen (secondary N) is 1. The van der Waals surface area contributed by atoms with Gasteiger partial charge in [0.15, 0.2) is 0 Å². The van der Waals surface area contributed by atoms with E-state index in [1.807, 2.05) is 0 Å². The first-order chi connectivity index (χ1) is 9.65. The lowest BCUT2D eigenvalue weighted by atomic mass is 9.82. The Kier molecular flexibility index (Phi) is 6.42. The first kappa shape index (κ1) is 18.2. The van der Waals surface area contributed by atoms with Crippen molar-refractivity contribution in [3.8, 4) is 0 Å². The summed E-state index contributed by atoms with van der Waals surface area (Å²) < 4.78 is 0. The van der Waals surface area contributed by atoms with Crippen LogP contribution in [0.4, 0.5) is 0 Å². The normalized spacial score (nSPS) is 13.8. The van der Waals surface area contributed by atoms with Crippen molar-refractivity contribution in [2.75, 3.05) is 0 Å². The molecule has 0 saturated heterocycles. The summed E-state index contributed by atoms with van der Waals surface area (Å²) in [6.45, 7) is 15.8. The maximum absolute atomic E-state index is 5.76. The molecule has 0 saturated carbocycles. The number of nitrogens with two attached hydrogens (primary N) is 1. The van der Waals surface area contributed by atoms with Gasteiger partial charge in [0.2, 0.25) is 0 Å². The maximum Gasteiger partial charge on any atom is 0.0251 e. The number of benzene rings is 1. The topological polar surface area (TPSA) is 38.0 Å². The van der Waals surface area contributed by atoms with Crippen LogP contribution in [0.2, 0.25) is 0 Å². The molecule has 0 aliphatic heterocycles. The molecule has 2 heteroatoms. The van der Waals surface area contributed by atoms with Crippen molar-refractivity contribution in [3.05, 3.63) is 34.4 Å². The number of aryl methyl sites for hydroxylation is 2. The van der Waals surface area contributed by atoms with Gasteiger partial charge in [0.1, 0.15) is 0 Å². The molecule has 1 atom stereocenters. The second kappa shape index (κ2) is 7.42. The molecule has 1 aromatic carbocycles. The molecular formula is C19H34N2. The summed E-state index contributed by atoms with van der Waals surface area (Å²) in [5, 5.41) is 0. The van der Waals surface area contributed by atoms with Gasteiger partial charge in [-0.15, -0.1) is 0 Å². The zero-order valence-electron chi connectivity index (χ0n) is 15.0. The molecule has 21 heavy (non-hydrogen) atoms. The molecule has 1 aromatic rings. The summed E-state index contributed by atoms with van der Waals surface area (Å²) in [5.41, 5.74) is 8.87. The average molecular weight is 290 g/mol. The highest BCUT2D eigenvalue weighted by atomic mass is 15.2. The molecule has 3 N–H and O–H groups in total. The van der Waals surface area contributed by atoms with Crippen LogP contribution in [0.25, 0.3) is 0 Å². The number of hydrazine groups is 1. The van der Waals surface area contributed by atoms with Crippen molar-refractivity contribution < 1.29 is 0 Å². The smallest absolute Gasteiger partial charge is 0.0251 e. The Balaban J connectivity index is 2.93. The van der Waals surface area contributed by atoms with Crippen LogP contribution in [0.1, 0.15) is 69.7 Å². The zero-order valence-corrected chi connectivity index (χ0v) is 15.0. The first-order valence-electron chi connectivity index (χ1n) is 8.22. The van der Waals surface area contributed by atoms with E-state index in [0.29, 0.717) is 6.04 Å². The van der Waals surface area contributed by atoms with Crippen molar-refractivity contribution in [2.45, 2.75) is 79.2 Å². The molecule has 0 aliphatic rings. The summed E-state index contributed by atoms with van der Waals surface area (Å²) in [6.07, 6.45) is 3.37. The Labute approximate surface area is 131 Å². The molecule has 120 valence electrons. The molecule has 0 radical (unpaired) electrons. The van der Waals surface area contributed by atoms with E-state index < -0.39 is 0 Å². The largest absolute Gasteiger partial charge is 0.271 e. The van der Waals surface area contributed by atoms with Crippen LogP contribution in [0.5, 0.6) is 0 Å². The van der Waals surface area contributed by atoms with Gasteiger partial charge in [-0.25, -0.2) is 0 Å². The third-order valence-electron chi connectivity index (χ3n) is 4.34. The van der Waals surface area contributed by atoms with Gasteiger partial charge in [-0.1, -0.05) is 46.8 Å². The Morgan fingerprint density at radius 2 is 1.57 bits per heavy atom. The maximum atomic E-state index is 5.76. The summed E-state index contributed by atoms with van der Waals surface area (Å²) in [7, 11) is 0. The van der Waals surface area contributed by atoms with E-state index in [1.165, 1.54) is 28.7 Å². The third kappa shape index (κ3) is 5.44. The molecule has 1 unspecified atom stereocenters. The standard InChI is InChI=1S/C19H34N2/c1-13(2)8-9-17(21-20)12-18-14(3)10-16(11-15(18)4)19(5,6)7/h10-11,13,17,21H,8-9,12,20H2,1-7H3.